The SMILES string of the molecule is CSc1cc(C)n([C@@H]2O[C@H](COC(=O)c3ccccc3)[C@@H](OC(=O)c3ccccc3)[C@H]2OC(=O)c2ccccc2)c(=O)n1. The molecular formula is C32H28N2O8S. The number of thioether (sulfide) groups is 1. The van der Waals surface area contributed by atoms with Crippen LogP contribution in [0.15, 0.2) is 107 Å². The first kappa shape index (κ1) is 29.7. The molecule has 3 aromatic carbocycles. The van der Waals surface area contributed by atoms with Gasteiger partial charge in [-0.2, -0.15) is 4.98 Å². The van der Waals surface area contributed by atoms with Crippen LogP contribution in [0.25, 0.3) is 0 Å². The number of esters is 3. The molecule has 2 heterocycles. The Labute approximate surface area is 251 Å². The summed E-state index contributed by atoms with van der Waals surface area (Å²) in [5.41, 5.74) is 0.632. The maximum atomic E-state index is 13.3. The first-order valence-corrected chi connectivity index (χ1v) is 14.6. The highest BCUT2D eigenvalue weighted by atomic mass is 32.2. The minimum atomic E-state index is -1.31. The van der Waals surface area contributed by atoms with Crippen LogP contribution in [0.4, 0.5) is 0 Å². The Morgan fingerprint density at radius 3 is 1.77 bits per heavy atom. The minimum Gasteiger partial charge on any atom is -0.459 e. The summed E-state index contributed by atoms with van der Waals surface area (Å²) < 4.78 is 24.9. The second-order valence-electron chi connectivity index (χ2n) is 9.59. The molecule has 220 valence electrons. The molecule has 0 N–H and O–H groups in total. The topological polar surface area (TPSA) is 123 Å². The predicted molar refractivity (Wildman–Crippen MR) is 157 cm³/mol. The van der Waals surface area contributed by atoms with Crippen molar-refractivity contribution < 1.29 is 33.3 Å². The normalized spacial score (nSPS) is 19.4. The summed E-state index contributed by atoms with van der Waals surface area (Å²) in [5, 5.41) is 0.495. The summed E-state index contributed by atoms with van der Waals surface area (Å²) in [6.07, 6.45) is -3.14. The number of ether oxygens (including phenoxy) is 4. The standard InChI is InChI=1S/C32H28N2O8S/c1-20-18-25(43-2)33-32(38)34(20)28-27(42-31(37)23-16-10-5-11-17-23)26(41-30(36)22-14-8-4-9-15-22)24(40-28)19-39-29(35)21-12-6-3-7-13-21/h3-18,24,26-28H,19H2,1-2H3/t24-,26-,27-,28-/m1/s1. The molecule has 10 nitrogen and oxygen atoms in total. The van der Waals surface area contributed by atoms with E-state index in [1.165, 1.54) is 16.3 Å². The van der Waals surface area contributed by atoms with Crippen molar-refractivity contribution in [2.45, 2.75) is 36.5 Å². The average molecular weight is 601 g/mol. The molecule has 1 fully saturated rings. The lowest BCUT2D eigenvalue weighted by Crippen LogP contribution is -2.43. The fourth-order valence-electron chi connectivity index (χ4n) is 4.66. The van der Waals surface area contributed by atoms with E-state index in [9.17, 15) is 19.2 Å². The molecule has 4 aromatic rings. The molecule has 0 saturated carbocycles. The van der Waals surface area contributed by atoms with Gasteiger partial charge in [-0.3, -0.25) is 4.57 Å². The summed E-state index contributed by atoms with van der Waals surface area (Å²) in [6, 6.07) is 26.6. The summed E-state index contributed by atoms with van der Waals surface area (Å²) in [5.74, 6) is -2.06. The number of nitrogens with zero attached hydrogens (tertiary/aromatic N) is 2. The fraction of sp³-hybridized carbons (Fsp3) is 0.219. The lowest BCUT2D eigenvalue weighted by molar-refractivity contribution is -0.0648. The van der Waals surface area contributed by atoms with Crippen LogP contribution >= 0.6 is 11.8 Å². The lowest BCUT2D eigenvalue weighted by atomic mass is 10.1. The lowest BCUT2D eigenvalue weighted by Gasteiger charge is -2.25. The molecular weight excluding hydrogens is 572 g/mol. The zero-order valence-corrected chi connectivity index (χ0v) is 24.1. The summed E-state index contributed by atoms with van der Waals surface area (Å²) in [7, 11) is 0. The van der Waals surface area contributed by atoms with E-state index >= 15 is 0 Å². The van der Waals surface area contributed by atoms with Crippen LogP contribution in [0.1, 0.15) is 43.0 Å². The zero-order valence-electron chi connectivity index (χ0n) is 23.3. The summed E-state index contributed by atoms with van der Waals surface area (Å²) >= 11 is 1.30. The molecule has 0 aliphatic carbocycles. The van der Waals surface area contributed by atoms with Crippen LogP contribution in [0, 0.1) is 6.92 Å². The van der Waals surface area contributed by atoms with Crippen molar-refractivity contribution in [1.82, 2.24) is 9.55 Å². The van der Waals surface area contributed by atoms with Crippen LogP contribution in [0.3, 0.4) is 0 Å². The van der Waals surface area contributed by atoms with E-state index in [1.807, 2.05) is 0 Å². The monoisotopic (exact) mass is 600 g/mol. The number of carbonyl (C=O) groups excluding carboxylic acids is 3. The van der Waals surface area contributed by atoms with Gasteiger partial charge >= 0.3 is 23.6 Å². The molecule has 1 aromatic heterocycles. The molecule has 0 unspecified atom stereocenters. The van der Waals surface area contributed by atoms with E-state index in [1.54, 1.807) is 110 Å². The van der Waals surface area contributed by atoms with Gasteiger partial charge in [-0.1, -0.05) is 54.6 Å². The van der Waals surface area contributed by atoms with Crippen LogP contribution in [0.5, 0.6) is 0 Å². The first-order chi connectivity index (χ1) is 20.9. The number of hydrogen-bond acceptors (Lipinski definition) is 10. The van der Waals surface area contributed by atoms with E-state index in [4.69, 9.17) is 18.9 Å². The van der Waals surface area contributed by atoms with Crippen molar-refractivity contribution >= 4 is 29.7 Å². The van der Waals surface area contributed by atoms with E-state index in [2.05, 4.69) is 4.98 Å². The highest BCUT2D eigenvalue weighted by Crippen LogP contribution is 2.35. The van der Waals surface area contributed by atoms with Gasteiger partial charge in [0.25, 0.3) is 0 Å². The van der Waals surface area contributed by atoms with E-state index in [-0.39, 0.29) is 17.7 Å². The van der Waals surface area contributed by atoms with Gasteiger partial charge in [-0.15, -0.1) is 11.8 Å². The van der Waals surface area contributed by atoms with Gasteiger partial charge in [0.15, 0.2) is 18.4 Å². The van der Waals surface area contributed by atoms with E-state index < -0.39 is 48.1 Å². The molecule has 0 amide bonds. The van der Waals surface area contributed by atoms with Crippen LogP contribution < -0.4 is 5.69 Å². The maximum Gasteiger partial charge on any atom is 0.351 e. The van der Waals surface area contributed by atoms with Gasteiger partial charge in [-0.05, 0) is 55.6 Å². The maximum absolute atomic E-state index is 13.3. The third-order valence-electron chi connectivity index (χ3n) is 6.77. The highest BCUT2D eigenvalue weighted by molar-refractivity contribution is 7.98. The molecule has 5 rings (SSSR count). The smallest absolute Gasteiger partial charge is 0.351 e. The number of hydrogen-bond donors (Lipinski definition) is 0. The third-order valence-corrected chi connectivity index (χ3v) is 7.39. The molecule has 1 aliphatic rings. The number of rotatable bonds is 9. The Kier molecular flexibility index (Phi) is 9.33. The number of benzene rings is 3. The Balaban J connectivity index is 1.53. The molecule has 0 bridgehead atoms. The Hall–Kier alpha value is -4.74. The molecule has 11 heteroatoms. The molecule has 4 atom stereocenters. The van der Waals surface area contributed by atoms with E-state index in [0.29, 0.717) is 16.3 Å². The summed E-state index contributed by atoms with van der Waals surface area (Å²) in [6.45, 7) is 1.33. The number of aromatic nitrogens is 2. The van der Waals surface area contributed by atoms with Crippen LogP contribution in [0.2, 0.25) is 0 Å². The van der Waals surface area contributed by atoms with Gasteiger partial charge in [0.1, 0.15) is 17.7 Å². The Morgan fingerprint density at radius 2 is 1.28 bits per heavy atom. The minimum absolute atomic E-state index is 0.244. The highest BCUT2D eigenvalue weighted by Gasteiger charge is 2.52. The molecule has 43 heavy (non-hydrogen) atoms. The second-order valence-corrected chi connectivity index (χ2v) is 10.4. The predicted octanol–water partition coefficient (Wildman–Crippen LogP) is 4.48. The van der Waals surface area contributed by atoms with Crippen molar-refractivity contribution in [2.75, 3.05) is 12.9 Å². The third kappa shape index (κ3) is 6.85. The Bertz CT molecular complexity index is 1650. The second kappa shape index (κ2) is 13.5. The molecule has 0 radical (unpaired) electrons. The van der Waals surface area contributed by atoms with Crippen molar-refractivity contribution in [3.63, 3.8) is 0 Å². The van der Waals surface area contributed by atoms with Crippen LogP contribution in [-0.2, 0) is 18.9 Å². The van der Waals surface area contributed by atoms with Crippen molar-refractivity contribution in [2.24, 2.45) is 0 Å². The van der Waals surface area contributed by atoms with Crippen LogP contribution in [-0.4, -0.2) is 58.6 Å². The fourth-order valence-corrected chi connectivity index (χ4v) is 5.12. The first-order valence-electron chi connectivity index (χ1n) is 13.4. The van der Waals surface area contributed by atoms with Gasteiger partial charge in [-0.25, -0.2) is 19.2 Å². The largest absolute Gasteiger partial charge is 0.459 e. The summed E-state index contributed by atoms with van der Waals surface area (Å²) in [4.78, 5) is 56.7. The number of carbonyl (C=O) groups is 3. The van der Waals surface area contributed by atoms with Crippen molar-refractivity contribution in [1.29, 1.82) is 0 Å². The van der Waals surface area contributed by atoms with Crippen molar-refractivity contribution in [3.8, 4) is 0 Å². The van der Waals surface area contributed by atoms with Gasteiger partial charge in [0.2, 0.25) is 0 Å². The van der Waals surface area contributed by atoms with Gasteiger partial charge in [0.05, 0.1) is 16.7 Å². The Morgan fingerprint density at radius 1 is 0.791 bits per heavy atom. The average Bonchev–Trinajstić information content (AvgIpc) is 3.36. The number of aryl methyl sites for hydroxylation is 1. The molecule has 0 spiro atoms. The molecule has 1 aliphatic heterocycles. The zero-order chi connectivity index (χ0) is 30.3. The van der Waals surface area contributed by atoms with Crippen molar-refractivity contribution in [3.05, 3.63) is 130 Å². The van der Waals surface area contributed by atoms with E-state index in [0.717, 1.165) is 0 Å². The quantitative estimate of drug-likeness (QED) is 0.118. The molecule has 1 saturated heterocycles. The van der Waals surface area contributed by atoms with Gasteiger partial charge < -0.3 is 18.9 Å². The van der Waals surface area contributed by atoms with Gasteiger partial charge in [0, 0.05) is 5.69 Å².